The summed E-state index contributed by atoms with van der Waals surface area (Å²) in [6.45, 7) is 8.95. The van der Waals surface area contributed by atoms with Crippen LogP contribution in [0.2, 0.25) is 0 Å². The molecular weight excluding hydrogens is 410 g/mol. The molecule has 0 aromatic heterocycles. The zero-order chi connectivity index (χ0) is 22.4. The molecule has 1 aliphatic heterocycles. The highest BCUT2D eigenvalue weighted by atomic mass is 32.2. The maximum atomic E-state index is 12.8. The summed E-state index contributed by atoms with van der Waals surface area (Å²) < 4.78 is 37.2. The molecule has 0 atom stereocenters. The van der Waals surface area contributed by atoms with E-state index in [1.54, 1.807) is 24.0 Å². The average molecular weight is 442 g/mol. The summed E-state index contributed by atoms with van der Waals surface area (Å²) >= 11 is 0. The molecule has 168 valence electrons. The lowest BCUT2D eigenvalue weighted by Gasteiger charge is -2.34. The number of nitrogens with one attached hydrogen (secondary N) is 1. The summed E-state index contributed by atoms with van der Waals surface area (Å²) in [4.78, 5) is 26.3. The van der Waals surface area contributed by atoms with Crippen LogP contribution in [0.4, 0.5) is 5.69 Å². The van der Waals surface area contributed by atoms with Gasteiger partial charge in [0, 0.05) is 24.3 Å². The highest BCUT2D eigenvalue weighted by Crippen LogP contribution is 2.21. The van der Waals surface area contributed by atoms with Gasteiger partial charge in [0.15, 0.2) is 0 Å². The normalized spacial score (nSPS) is 15.8. The van der Waals surface area contributed by atoms with Crippen LogP contribution in [0.25, 0.3) is 0 Å². The van der Waals surface area contributed by atoms with Crippen LogP contribution in [0.1, 0.15) is 27.7 Å². The molecule has 0 saturated carbocycles. The number of carbonyl (C=O) groups excluding carboxylic acids is 2. The number of sulfonamides is 1. The highest BCUT2D eigenvalue weighted by molar-refractivity contribution is 7.89. The largest absolute Gasteiger partial charge is 0.465 e. The number of rotatable bonds is 8. The van der Waals surface area contributed by atoms with Gasteiger partial charge in [-0.1, -0.05) is 6.07 Å². The van der Waals surface area contributed by atoms with E-state index in [4.69, 9.17) is 9.47 Å². The van der Waals surface area contributed by atoms with Crippen LogP contribution >= 0.6 is 0 Å². The molecule has 1 aromatic carbocycles. The van der Waals surface area contributed by atoms with Gasteiger partial charge >= 0.3 is 5.97 Å². The maximum Gasteiger partial charge on any atom is 0.320 e. The molecule has 1 saturated heterocycles. The molecule has 1 aliphatic rings. The molecule has 1 N–H and O–H groups in total. The first-order chi connectivity index (χ1) is 14.0. The molecule has 10 heteroatoms. The second-order valence-corrected chi connectivity index (χ2v) is 9.86. The molecule has 30 heavy (non-hydrogen) atoms. The number of ether oxygens (including phenoxy) is 2. The van der Waals surface area contributed by atoms with E-state index < -0.39 is 21.5 Å². The van der Waals surface area contributed by atoms with Crippen LogP contribution in [0.15, 0.2) is 29.2 Å². The summed E-state index contributed by atoms with van der Waals surface area (Å²) in [5.74, 6) is -0.756. The van der Waals surface area contributed by atoms with Crippen molar-refractivity contribution in [3.8, 4) is 0 Å². The number of esters is 1. The van der Waals surface area contributed by atoms with E-state index >= 15 is 0 Å². The number of carbonyl (C=O) groups is 2. The molecule has 1 aromatic rings. The second-order valence-electron chi connectivity index (χ2n) is 7.92. The van der Waals surface area contributed by atoms with Crippen molar-refractivity contribution in [2.45, 2.75) is 38.1 Å². The number of hydrogen-bond donors (Lipinski definition) is 1. The topological polar surface area (TPSA) is 105 Å². The molecule has 0 bridgehead atoms. The summed E-state index contributed by atoms with van der Waals surface area (Å²) in [5.41, 5.74) is -0.0645. The molecule has 2 rings (SSSR count). The summed E-state index contributed by atoms with van der Waals surface area (Å²) in [6.07, 6.45) is 0. The van der Waals surface area contributed by atoms with Gasteiger partial charge in [-0.25, -0.2) is 8.42 Å². The Balaban J connectivity index is 2.09. The molecule has 0 spiro atoms. The molecule has 0 unspecified atom stereocenters. The van der Waals surface area contributed by atoms with Gasteiger partial charge in [-0.05, 0) is 45.9 Å². The van der Waals surface area contributed by atoms with Gasteiger partial charge in [0.2, 0.25) is 15.9 Å². The van der Waals surface area contributed by atoms with E-state index in [1.165, 1.54) is 16.4 Å². The zero-order valence-corrected chi connectivity index (χ0v) is 18.8. The predicted octanol–water partition coefficient (Wildman–Crippen LogP) is 1.31. The Morgan fingerprint density at radius 3 is 2.47 bits per heavy atom. The Labute approximate surface area is 178 Å². The van der Waals surface area contributed by atoms with Crippen LogP contribution in [-0.4, -0.2) is 81.0 Å². The van der Waals surface area contributed by atoms with E-state index in [2.05, 4.69) is 5.32 Å². The molecular formula is C20H31N3O6S. The zero-order valence-electron chi connectivity index (χ0n) is 18.0. The van der Waals surface area contributed by atoms with Crippen molar-refractivity contribution in [2.24, 2.45) is 0 Å². The molecule has 1 fully saturated rings. The summed E-state index contributed by atoms with van der Waals surface area (Å²) in [6, 6.07) is 6.16. The van der Waals surface area contributed by atoms with Crippen LogP contribution in [0, 0.1) is 0 Å². The van der Waals surface area contributed by atoms with Gasteiger partial charge in [0.1, 0.15) is 0 Å². The second kappa shape index (κ2) is 10.3. The Hall–Kier alpha value is -2.01. The number of benzene rings is 1. The highest BCUT2D eigenvalue weighted by Gasteiger charge is 2.28. The Morgan fingerprint density at radius 2 is 1.87 bits per heavy atom. The first-order valence-electron chi connectivity index (χ1n) is 9.92. The molecule has 0 radical (unpaired) electrons. The maximum absolute atomic E-state index is 12.8. The fraction of sp³-hybridized carbons (Fsp3) is 0.600. The fourth-order valence-electron chi connectivity index (χ4n) is 2.94. The molecule has 1 heterocycles. The van der Waals surface area contributed by atoms with E-state index in [0.717, 1.165) is 0 Å². The third-order valence-electron chi connectivity index (χ3n) is 4.63. The number of amides is 1. The van der Waals surface area contributed by atoms with Gasteiger partial charge in [0.25, 0.3) is 0 Å². The van der Waals surface area contributed by atoms with Gasteiger partial charge in [-0.3, -0.25) is 14.5 Å². The Kier molecular flexibility index (Phi) is 8.36. The third kappa shape index (κ3) is 6.76. The van der Waals surface area contributed by atoms with Gasteiger partial charge in [-0.2, -0.15) is 4.31 Å². The van der Waals surface area contributed by atoms with Crippen molar-refractivity contribution in [1.29, 1.82) is 0 Å². The first-order valence-corrected chi connectivity index (χ1v) is 11.4. The smallest absolute Gasteiger partial charge is 0.320 e. The number of nitrogens with zero attached hydrogens (tertiary/aromatic N) is 2. The molecule has 1 amide bonds. The molecule has 9 nitrogen and oxygen atoms in total. The van der Waals surface area contributed by atoms with Crippen molar-refractivity contribution in [3.05, 3.63) is 24.3 Å². The number of hydrogen-bond acceptors (Lipinski definition) is 7. The predicted molar refractivity (Wildman–Crippen MR) is 113 cm³/mol. The summed E-state index contributed by atoms with van der Waals surface area (Å²) in [7, 11) is -3.66. The van der Waals surface area contributed by atoms with Crippen LogP contribution in [-0.2, 0) is 29.1 Å². The third-order valence-corrected chi connectivity index (χ3v) is 6.53. The van der Waals surface area contributed by atoms with Gasteiger partial charge < -0.3 is 14.8 Å². The number of morpholine rings is 1. The monoisotopic (exact) mass is 441 g/mol. The number of anilines is 1. The molecule has 0 aliphatic carbocycles. The lowest BCUT2D eigenvalue weighted by atomic mass is 10.1. The van der Waals surface area contributed by atoms with E-state index in [-0.39, 0.29) is 30.5 Å². The van der Waals surface area contributed by atoms with Gasteiger partial charge in [0.05, 0.1) is 37.8 Å². The minimum absolute atomic E-state index is 0.0176. The Morgan fingerprint density at radius 1 is 1.20 bits per heavy atom. The van der Waals surface area contributed by atoms with Crippen molar-refractivity contribution in [2.75, 3.05) is 51.3 Å². The lowest BCUT2D eigenvalue weighted by Crippen LogP contribution is -2.48. The van der Waals surface area contributed by atoms with Crippen molar-refractivity contribution in [1.82, 2.24) is 9.21 Å². The summed E-state index contributed by atoms with van der Waals surface area (Å²) in [5, 5.41) is 2.72. The van der Waals surface area contributed by atoms with Crippen LogP contribution in [0.5, 0.6) is 0 Å². The van der Waals surface area contributed by atoms with E-state index in [0.29, 0.717) is 32.0 Å². The van der Waals surface area contributed by atoms with Crippen LogP contribution < -0.4 is 5.32 Å². The quantitative estimate of drug-likeness (QED) is 0.607. The minimum Gasteiger partial charge on any atom is -0.465 e. The van der Waals surface area contributed by atoms with Crippen molar-refractivity contribution >= 4 is 27.6 Å². The standard InChI is InChI=1S/C20H31N3O6S/c1-5-29-19(25)15-22(20(2,3)4)14-18(24)21-16-7-6-8-17(13-16)30(26,27)23-9-11-28-12-10-23/h6-8,13H,5,9-12,14-15H2,1-4H3,(H,21,24). The van der Waals surface area contributed by atoms with E-state index in [9.17, 15) is 18.0 Å². The van der Waals surface area contributed by atoms with Gasteiger partial charge in [-0.15, -0.1) is 0 Å². The van der Waals surface area contributed by atoms with Crippen molar-refractivity contribution in [3.63, 3.8) is 0 Å². The van der Waals surface area contributed by atoms with Crippen molar-refractivity contribution < 1.29 is 27.5 Å². The fourth-order valence-corrected chi connectivity index (χ4v) is 4.39. The Bertz CT molecular complexity index is 844. The van der Waals surface area contributed by atoms with E-state index in [1.807, 2.05) is 20.8 Å². The lowest BCUT2D eigenvalue weighted by molar-refractivity contribution is -0.146. The van der Waals surface area contributed by atoms with Crippen LogP contribution in [0.3, 0.4) is 0 Å². The SMILES string of the molecule is CCOC(=O)CN(CC(=O)Nc1cccc(S(=O)(=O)N2CCOCC2)c1)C(C)(C)C. The minimum atomic E-state index is -3.66. The first kappa shape index (κ1) is 24.3. The average Bonchev–Trinajstić information content (AvgIpc) is 2.68.